The average molecular weight is 403 g/mol. The molecule has 28 heavy (non-hydrogen) atoms. The van der Waals surface area contributed by atoms with E-state index < -0.39 is 35.7 Å². The minimum absolute atomic E-state index is 0.0653. The van der Waals surface area contributed by atoms with Gasteiger partial charge in [0.05, 0.1) is 12.2 Å². The fourth-order valence-corrected chi connectivity index (χ4v) is 2.22. The van der Waals surface area contributed by atoms with Gasteiger partial charge in [-0.1, -0.05) is 13.8 Å². The molecule has 0 fully saturated rings. The van der Waals surface area contributed by atoms with Crippen molar-refractivity contribution in [3.05, 3.63) is 35.4 Å². The molecule has 0 bridgehead atoms. The van der Waals surface area contributed by atoms with Gasteiger partial charge in [0.1, 0.15) is 6.04 Å². The van der Waals surface area contributed by atoms with E-state index in [4.69, 9.17) is 4.74 Å². The SMILES string of the molecule is CCOC(=O)NC(C(=O)NCCNC(=O)c1ccc(C(F)(F)F)cc1)C(C)C. The van der Waals surface area contributed by atoms with Crippen LogP contribution in [0.25, 0.3) is 0 Å². The lowest BCUT2D eigenvalue weighted by atomic mass is 10.0. The predicted molar refractivity (Wildman–Crippen MR) is 95.6 cm³/mol. The fourth-order valence-electron chi connectivity index (χ4n) is 2.22. The molecule has 0 aromatic heterocycles. The van der Waals surface area contributed by atoms with Gasteiger partial charge in [-0.25, -0.2) is 4.79 Å². The summed E-state index contributed by atoms with van der Waals surface area (Å²) in [6.45, 7) is 5.47. The van der Waals surface area contributed by atoms with Crippen molar-refractivity contribution in [1.29, 1.82) is 0 Å². The Bertz CT molecular complexity index is 676. The number of alkyl carbamates (subject to hydrolysis) is 1. The second-order valence-electron chi connectivity index (χ2n) is 6.21. The molecule has 1 unspecified atom stereocenters. The fraction of sp³-hybridized carbons (Fsp3) is 0.500. The summed E-state index contributed by atoms with van der Waals surface area (Å²) in [5.41, 5.74) is -0.770. The highest BCUT2D eigenvalue weighted by molar-refractivity contribution is 5.94. The van der Waals surface area contributed by atoms with Crippen LogP contribution >= 0.6 is 0 Å². The zero-order valence-corrected chi connectivity index (χ0v) is 15.9. The molecule has 0 saturated heterocycles. The lowest BCUT2D eigenvalue weighted by Crippen LogP contribution is -2.51. The lowest BCUT2D eigenvalue weighted by Gasteiger charge is -2.21. The Hall–Kier alpha value is -2.78. The van der Waals surface area contributed by atoms with Gasteiger partial charge in [0.25, 0.3) is 5.91 Å². The topological polar surface area (TPSA) is 96.5 Å². The number of benzene rings is 1. The van der Waals surface area contributed by atoms with E-state index in [1.54, 1.807) is 20.8 Å². The number of hydrogen-bond acceptors (Lipinski definition) is 4. The van der Waals surface area contributed by atoms with Crippen molar-refractivity contribution in [2.45, 2.75) is 33.0 Å². The highest BCUT2D eigenvalue weighted by atomic mass is 19.4. The monoisotopic (exact) mass is 403 g/mol. The third-order valence-electron chi connectivity index (χ3n) is 3.68. The van der Waals surface area contributed by atoms with Crippen LogP contribution in [0.1, 0.15) is 36.7 Å². The Kier molecular flexibility index (Phi) is 8.75. The van der Waals surface area contributed by atoms with Crippen molar-refractivity contribution in [3.8, 4) is 0 Å². The number of rotatable bonds is 8. The molecule has 0 radical (unpaired) electrons. The van der Waals surface area contributed by atoms with Gasteiger partial charge in [0.15, 0.2) is 0 Å². The van der Waals surface area contributed by atoms with Gasteiger partial charge < -0.3 is 20.7 Å². The molecule has 0 aliphatic carbocycles. The Morgan fingerprint density at radius 2 is 1.61 bits per heavy atom. The van der Waals surface area contributed by atoms with E-state index in [9.17, 15) is 27.6 Å². The zero-order chi connectivity index (χ0) is 21.3. The van der Waals surface area contributed by atoms with Crippen LogP contribution in [0.15, 0.2) is 24.3 Å². The van der Waals surface area contributed by atoms with Crippen LogP contribution in [0.5, 0.6) is 0 Å². The molecule has 3 N–H and O–H groups in total. The molecule has 3 amide bonds. The smallest absolute Gasteiger partial charge is 0.416 e. The molecule has 0 heterocycles. The molecule has 0 spiro atoms. The van der Waals surface area contributed by atoms with E-state index in [2.05, 4.69) is 16.0 Å². The normalized spacial score (nSPS) is 12.2. The Morgan fingerprint density at radius 3 is 2.11 bits per heavy atom. The van der Waals surface area contributed by atoms with Crippen LogP contribution in [0, 0.1) is 5.92 Å². The third kappa shape index (κ3) is 7.45. The summed E-state index contributed by atoms with van der Waals surface area (Å²) in [7, 11) is 0. The van der Waals surface area contributed by atoms with Crippen LogP contribution in [-0.2, 0) is 15.7 Å². The first-order valence-electron chi connectivity index (χ1n) is 8.72. The molecular weight excluding hydrogens is 379 g/mol. The largest absolute Gasteiger partial charge is 0.450 e. The highest BCUT2D eigenvalue weighted by Crippen LogP contribution is 2.29. The summed E-state index contributed by atoms with van der Waals surface area (Å²) in [4.78, 5) is 35.6. The lowest BCUT2D eigenvalue weighted by molar-refractivity contribution is -0.137. The standard InChI is InChI=1S/C18H24F3N3O4/c1-4-28-17(27)24-14(11(2)3)16(26)23-10-9-22-15(25)12-5-7-13(8-6-12)18(19,20)21/h5-8,11,14H,4,9-10H2,1-3H3,(H,22,25)(H,23,26)(H,24,27). The molecule has 1 aromatic carbocycles. The summed E-state index contributed by atoms with van der Waals surface area (Å²) in [5.74, 6) is -1.19. The molecule has 0 saturated carbocycles. The maximum absolute atomic E-state index is 12.5. The Morgan fingerprint density at radius 1 is 1.04 bits per heavy atom. The van der Waals surface area contributed by atoms with Gasteiger partial charge >= 0.3 is 12.3 Å². The second kappa shape index (κ2) is 10.5. The van der Waals surface area contributed by atoms with Crippen molar-refractivity contribution >= 4 is 17.9 Å². The third-order valence-corrected chi connectivity index (χ3v) is 3.68. The van der Waals surface area contributed by atoms with Crippen LogP contribution in [0.3, 0.4) is 0 Å². The van der Waals surface area contributed by atoms with E-state index in [-0.39, 0.29) is 31.2 Å². The summed E-state index contributed by atoms with van der Waals surface area (Å²) >= 11 is 0. The van der Waals surface area contributed by atoms with Gasteiger partial charge in [-0.05, 0) is 37.1 Å². The molecule has 1 rings (SSSR count). The van der Waals surface area contributed by atoms with Gasteiger partial charge in [0, 0.05) is 18.7 Å². The van der Waals surface area contributed by atoms with Crippen molar-refractivity contribution in [2.75, 3.05) is 19.7 Å². The number of amides is 3. The number of carbonyl (C=O) groups is 3. The maximum atomic E-state index is 12.5. The first-order chi connectivity index (χ1) is 13.1. The molecular formula is C18H24F3N3O4. The number of halogens is 3. The Labute approximate surface area is 161 Å². The number of carbonyl (C=O) groups excluding carboxylic acids is 3. The second-order valence-corrected chi connectivity index (χ2v) is 6.21. The van der Waals surface area contributed by atoms with Gasteiger partial charge in [-0.15, -0.1) is 0 Å². The van der Waals surface area contributed by atoms with Crippen LogP contribution < -0.4 is 16.0 Å². The van der Waals surface area contributed by atoms with Gasteiger partial charge in [-0.2, -0.15) is 13.2 Å². The average Bonchev–Trinajstić information content (AvgIpc) is 2.62. The summed E-state index contributed by atoms with van der Waals surface area (Å²) in [6.07, 6.45) is -5.17. The minimum Gasteiger partial charge on any atom is -0.450 e. The number of nitrogens with one attached hydrogen (secondary N) is 3. The van der Waals surface area contributed by atoms with Crippen molar-refractivity contribution in [3.63, 3.8) is 0 Å². The molecule has 7 nitrogen and oxygen atoms in total. The molecule has 0 aliphatic heterocycles. The van der Waals surface area contributed by atoms with E-state index in [1.165, 1.54) is 0 Å². The van der Waals surface area contributed by atoms with Gasteiger partial charge in [-0.3, -0.25) is 9.59 Å². The van der Waals surface area contributed by atoms with Gasteiger partial charge in [0.2, 0.25) is 5.91 Å². The van der Waals surface area contributed by atoms with Crippen molar-refractivity contribution in [2.24, 2.45) is 5.92 Å². The molecule has 1 atom stereocenters. The van der Waals surface area contributed by atoms with Crippen LogP contribution in [0.2, 0.25) is 0 Å². The summed E-state index contributed by atoms with van der Waals surface area (Å²) < 4.78 is 42.3. The van der Waals surface area contributed by atoms with E-state index in [0.29, 0.717) is 0 Å². The predicted octanol–water partition coefficient (Wildman–Crippen LogP) is 2.32. The van der Waals surface area contributed by atoms with E-state index in [0.717, 1.165) is 24.3 Å². The van der Waals surface area contributed by atoms with Crippen molar-refractivity contribution in [1.82, 2.24) is 16.0 Å². The molecule has 10 heteroatoms. The Balaban J connectivity index is 2.46. The zero-order valence-electron chi connectivity index (χ0n) is 15.9. The first kappa shape index (κ1) is 23.3. The molecule has 156 valence electrons. The number of ether oxygens (including phenoxy) is 1. The maximum Gasteiger partial charge on any atom is 0.416 e. The highest BCUT2D eigenvalue weighted by Gasteiger charge is 2.30. The summed E-state index contributed by atoms with van der Waals surface area (Å²) in [5, 5.41) is 7.53. The number of alkyl halides is 3. The van der Waals surface area contributed by atoms with Crippen molar-refractivity contribution < 1.29 is 32.3 Å². The van der Waals surface area contributed by atoms with E-state index >= 15 is 0 Å². The summed E-state index contributed by atoms with van der Waals surface area (Å²) in [6, 6.07) is 3.00. The van der Waals surface area contributed by atoms with Crippen LogP contribution in [-0.4, -0.2) is 43.6 Å². The van der Waals surface area contributed by atoms with Crippen LogP contribution in [0.4, 0.5) is 18.0 Å². The quantitative estimate of drug-likeness (QED) is 0.581. The number of hydrogen-bond donors (Lipinski definition) is 3. The molecule has 1 aromatic rings. The van der Waals surface area contributed by atoms with E-state index in [1.807, 2.05) is 0 Å². The first-order valence-corrected chi connectivity index (χ1v) is 8.72. The molecule has 0 aliphatic rings. The minimum atomic E-state index is -4.47.